The van der Waals surface area contributed by atoms with Crippen LogP contribution in [-0.4, -0.2) is 0 Å². The number of hydrogen-bond acceptors (Lipinski definition) is 0. The second-order valence-corrected chi connectivity index (χ2v) is 6.09. The van der Waals surface area contributed by atoms with Gasteiger partial charge in [0.25, 0.3) is 0 Å². The number of rotatable bonds is 3. The standard InChI is InChI=1S/C14H28/c1-7-12-10(3)9-13(11(12)4)14(5,6)8-2/h10-13H,7-9H2,1-6H3. The molecule has 0 saturated heterocycles. The molecule has 84 valence electrons. The molecular weight excluding hydrogens is 168 g/mol. The van der Waals surface area contributed by atoms with E-state index in [2.05, 4.69) is 41.5 Å². The Balaban J connectivity index is 2.75. The zero-order chi connectivity index (χ0) is 10.9. The highest BCUT2D eigenvalue weighted by atomic mass is 14.5. The Morgan fingerprint density at radius 1 is 1.14 bits per heavy atom. The van der Waals surface area contributed by atoms with E-state index < -0.39 is 0 Å². The Labute approximate surface area is 90.5 Å². The van der Waals surface area contributed by atoms with Crippen LogP contribution in [0.25, 0.3) is 0 Å². The van der Waals surface area contributed by atoms with Gasteiger partial charge in [-0.05, 0) is 35.5 Å². The molecule has 4 unspecified atom stereocenters. The van der Waals surface area contributed by atoms with Crippen molar-refractivity contribution in [2.45, 2.75) is 60.8 Å². The maximum Gasteiger partial charge on any atom is -0.0326 e. The molecule has 1 saturated carbocycles. The topological polar surface area (TPSA) is 0 Å². The fraction of sp³-hybridized carbons (Fsp3) is 1.00. The van der Waals surface area contributed by atoms with E-state index in [1.165, 1.54) is 19.3 Å². The average molecular weight is 196 g/mol. The zero-order valence-electron chi connectivity index (χ0n) is 10.9. The van der Waals surface area contributed by atoms with Crippen LogP contribution in [0.3, 0.4) is 0 Å². The van der Waals surface area contributed by atoms with Gasteiger partial charge in [-0.2, -0.15) is 0 Å². The van der Waals surface area contributed by atoms with Gasteiger partial charge >= 0.3 is 0 Å². The van der Waals surface area contributed by atoms with Crippen molar-refractivity contribution in [3.05, 3.63) is 0 Å². The first-order chi connectivity index (χ1) is 6.44. The van der Waals surface area contributed by atoms with Gasteiger partial charge in [0, 0.05) is 0 Å². The highest BCUT2D eigenvalue weighted by Gasteiger charge is 2.43. The van der Waals surface area contributed by atoms with Crippen molar-refractivity contribution in [1.29, 1.82) is 0 Å². The lowest BCUT2D eigenvalue weighted by Gasteiger charge is -2.34. The smallest absolute Gasteiger partial charge is 0.0326 e. The van der Waals surface area contributed by atoms with Gasteiger partial charge in [-0.1, -0.05) is 54.4 Å². The van der Waals surface area contributed by atoms with E-state index in [1.54, 1.807) is 0 Å². The maximum atomic E-state index is 2.49. The van der Waals surface area contributed by atoms with Crippen LogP contribution in [0.15, 0.2) is 0 Å². The molecule has 1 aliphatic rings. The summed E-state index contributed by atoms with van der Waals surface area (Å²) in [6, 6.07) is 0. The van der Waals surface area contributed by atoms with Crippen molar-refractivity contribution in [3.8, 4) is 0 Å². The van der Waals surface area contributed by atoms with E-state index in [-0.39, 0.29) is 0 Å². The molecule has 0 heterocycles. The molecule has 0 spiro atoms. The Kier molecular flexibility index (Phi) is 3.66. The monoisotopic (exact) mass is 196 g/mol. The Morgan fingerprint density at radius 2 is 1.71 bits per heavy atom. The van der Waals surface area contributed by atoms with E-state index in [0.717, 1.165) is 23.7 Å². The summed E-state index contributed by atoms with van der Waals surface area (Å²) in [6.07, 6.45) is 4.16. The SMILES string of the molecule is CCC1C(C)CC(C(C)(C)CC)C1C. The lowest BCUT2D eigenvalue weighted by Crippen LogP contribution is -2.26. The van der Waals surface area contributed by atoms with E-state index in [4.69, 9.17) is 0 Å². The summed E-state index contributed by atoms with van der Waals surface area (Å²) in [5, 5.41) is 0. The van der Waals surface area contributed by atoms with Crippen molar-refractivity contribution in [2.24, 2.45) is 29.1 Å². The molecule has 14 heavy (non-hydrogen) atoms. The largest absolute Gasteiger partial charge is 0.0651 e. The quantitative estimate of drug-likeness (QED) is 0.611. The van der Waals surface area contributed by atoms with Crippen LogP contribution in [0.2, 0.25) is 0 Å². The maximum absolute atomic E-state index is 2.49. The predicted molar refractivity (Wildman–Crippen MR) is 64.3 cm³/mol. The molecule has 4 atom stereocenters. The molecule has 0 aromatic heterocycles. The van der Waals surface area contributed by atoms with Gasteiger partial charge in [0.05, 0.1) is 0 Å². The minimum absolute atomic E-state index is 0.553. The summed E-state index contributed by atoms with van der Waals surface area (Å²) in [5.41, 5.74) is 0.553. The third kappa shape index (κ3) is 1.99. The molecule has 0 bridgehead atoms. The van der Waals surface area contributed by atoms with Crippen LogP contribution in [0.1, 0.15) is 60.8 Å². The Bertz CT molecular complexity index is 180. The summed E-state index contributed by atoms with van der Waals surface area (Å²) in [6.45, 7) is 14.6. The average Bonchev–Trinajstić information content (AvgIpc) is 2.42. The van der Waals surface area contributed by atoms with E-state index in [0.29, 0.717) is 5.41 Å². The fourth-order valence-electron chi connectivity index (χ4n) is 3.67. The molecule has 0 radical (unpaired) electrons. The van der Waals surface area contributed by atoms with Crippen LogP contribution in [0.4, 0.5) is 0 Å². The molecule has 0 aromatic rings. The van der Waals surface area contributed by atoms with Gasteiger partial charge in [0.15, 0.2) is 0 Å². The second-order valence-electron chi connectivity index (χ2n) is 6.09. The first-order valence-corrected chi connectivity index (χ1v) is 6.44. The predicted octanol–water partition coefficient (Wildman–Crippen LogP) is 4.74. The van der Waals surface area contributed by atoms with Crippen LogP contribution >= 0.6 is 0 Å². The third-order valence-electron chi connectivity index (χ3n) is 5.05. The van der Waals surface area contributed by atoms with E-state index in [1.807, 2.05) is 0 Å². The van der Waals surface area contributed by atoms with Gasteiger partial charge in [-0.15, -0.1) is 0 Å². The molecule has 0 nitrogen and oxygen atoms in total. The van der Waals surface area contributed by atoms with Gasteiger partial charge in [-0.25, -0.2) is 0 Å². The summed E-state index contributed by atoms with van der Waals surface area (Å²) in [5.74, 6) is 3.81. The van der Waals surface area contributed by atoms with E-state index >= 15 is 0 Å². The fourth-order valence-corrected chi connectivity index (χ4v) is 3.67. The summed E-state index contributed by atoms with van der Waals surface area (Å²) < 4.78 is 0. The van der Waals surface area contributed by atoms with Crippen molar-refractivity contribution < 1.29 is 0 Å². The molecule has 0 amide bonds. The second kappa shape index (κ2) is 4.24. The first-order valence-electron chi connectivity index (χ1n) is 6.44. The molecule has 1 aliphatic carbocycles. The van der Waals surface area contributed by atoms with Crippen molar-refractivity contribution in [1.82, 2.24) is 0 Å². The van der Waals surface area contributed by atoms with Gasteiger partial charge in [0.2, 0.25) is 0 Å². The van der Waals surface area contributed by atoms with Crippen LogP contribution < -0.4 is 0 Å². The zero-order valence-corrected chi connectivity index (χ0v) is 10.9. The molecule has 1 rings (SSSR count). The Morgan fingerprint density at radius 3 is 2.07 bits per heavy atom. The molecular formula is C14H28. The molecule has 0 aromatic carbocycles. The lowest BCUT2D eigenvalue weighted by molar-refractivity contribution is 0.149. The van der Waals surface area contributed by atoms with Crippen molar-refractivity contribution in [2.75, 3.05) is 0 Å². The van der Waals surface area contributed by atoms with Gasteiger partial charge in [-0.3, -0.25) is 0 Å². The lowest BCUT2D eigenvalue weighted by atomic mass is 9.71. The van der Waals surface area contributed by atoms with Gasteiger partial charge in [0.1, 0.15) is 0 Å². The molecule has 0 aliphatic heterocycles. The van der Waals surface area contributed by atoms with Crippen LogP contribution in [0.5, 0.6) is 0 Å². The van der Waals surface area contributed by atoms with Gasteiger partial charge < -0.3 is 0 Å². The summed E-state index contributed by atoms with van der Waals surface area (Å²) in [4.78, 5) is 0. The molecule has 1 fully saturated rings. The third-order valence-corrected chi connectivity index (χ3v) is 5.05. The first kappa shape index (κ1) is 12.1. The minimum Gasteiger partial charge on any atom is -0.0651 e. The van der Waals surface area contributed by atoms with Crippen molar-refractivity contribution in [3.63, 3.8) is 0 Å². The summed E-state index contributed by atoms with van der Waals surface area (Å²) in [7, 11) is 0. The van der Waals surface area contributed by atoms with Crippen LogP contribution in [-0.2, 0) is 0 Å². The highest BCUT2D eigenvalue weighted by molar-refractivity contribution is 4.92. The minimum atomic E-state index is 0.553. The Hall–Kier alpha value is 0. The molecule has 0 N–H and O–H groups in total. The summed E-state index contributed by atoms with van der Waals surface area (Å²) >= 11 is 0. The van der Waals surface area contributed by atoms with Crippen LogP contribution in [0, 0.1) is 29.1 Å². The molecule has 0 heteroatoms. The highest BCUT2D eigenvalue weighted by Crippen LogP contribution is 2.51. The van der Waals surface area contributed by atoms with Crippen molar-refractivity contribution >= 4 is 0 Å². The normalized spacial score (nSPS) is 39.0. The number of hydrogen-bond donors (Lipinski definition) is 0. The van der Waals surface area contributed by atoms with E-state index in [9.17, 15) is 0 Å².